The van der Waals surface area contributed by atoms with Gasteiger partial charge >= 0.3 is 6.09 Å². The highest BCUT2D eigenvalue weighted by atomic mass is 16.5. The lowest BCUT2D eigenvalue weighted by atomic mass is 9.84. The molecule has 0 bridgehead atoms. The van der Waals surface area contributed by atoms with Gasteiger partial charge in [-0.1, -0.05) is 46.0 Å². The predicted octanol–water partition coefficient (Wildman–Crippen LogP) is 2.16. The fourth-order valence-corrected chi connectivity index (χ4v) is 4.91. The molecule has 0 radical (unpaired) electrons. The number of carbonyl (C=O) groups excluding carboxylic acids is 2. The van der Waals surface area contributed by atoms with Crippen molar-refractivity contribution in [3.63, 3.8) is 0 Å². The summed E-state index contributed by atoms with van der Waals surface area (Å²) in [5, 5.41) is 19.5. The maximum Gasteiger partial charge on any atom is 0.436 e. The maximum absolute atomic E-state index is 13.6. The molecule has 0 spiro atoms. The summed E-state index contributed by atoms with van der Waals surface area (Å²) in [6, 6.07) is 1.75. The number of carbonyl (C=O) groups is 2. The second kappa shape index (κ2) is 13.6. The number of amides is 2. The van der Waals surface area contributed by atoms with Crippen molar-refractivity contribution in [2.75, 3.05) is 46.0 Å². The van der Waals surface area contributed by atoms with E-state index in [1.165, 1.54) is 19.3 Å². The fraction of sp³-hybridized carbons (Fsp3) is 0.840. The highest BCUT2D eigenvalue weighted by Gasteiger charge is 2.37. The van der Waals surface area contributed by atoms with Gasteiger partial charge in [-0.25, -0.2) is 4.79 Å². The Labute approximate surface area is 209 Å². The summed E-state index contributed by atoms with van der Waals surface area (Å²) in [6.07, 6.45) is 6.82. The summed E-state index contributed by atoms with van der Waals surface area (Å²) in [4.78, 5) is 32.3. The number of ether oxygens (including phenoxy) is 2. The second-order valence-corrected chi connectivity index (χ2v) is 10.4. The van der Waals surface area contributed by atoms with E-state index < -0.39 is 17.7 Å². The lowest BCUT2D eigenvalue weighted by Crippen LogP contribution is -2.60. The molecule has 10 heteroatoms. The third-order valence-electron chi connectivity index (χ3n) is 7.00. The van der Waals surface area contributed by atoms with E-state index in [0.717, 1.165) is 12.8 Å². The minimum Gasteiger partial charge on any atom is -0.448 e. The first-order valence-electron chi connectivity index (χ1n) is 13.2. The number of hydrogen-bond donors (Lipinski definition) is 3. The van der Waals surface area contributed by atoms with Crippen LogP contribution >= 0.6 is 0 Å². The molecule has 1 saturated carbocycles. The molecule has 3 N–H and O–H groups in total. The molecule has 1 aliphatic carbocycles. The number of aliphatic imine (C=N–C) groups is 1. The minimum atomic E-state index is -0.874. The first-order valence-corrected chi connectivity index (χ1v) is 13.2. The Morgan fingerprint density at radius 2 is 1.89 bits per heavy atom. The summed E-state index contributed by atoms with van der Waals surface area (Å²) in [7, 11) is 0. The van der Waals surface area contributed by atoms with Gasteiger partial charge in [0.2, 0.25) is 11.9 Å². The second-order valence-electron chi connectivity index (χ2n) is 10.4. The lowest BCUT2D eigenvalue weighted by molar-refractivity contribution is -0.125. The van der Waals surface area contributed by atoms with Crippen LogP contribution in [0.15, 0.2) is 4.99 Å². The summed E-state index contributed by atoms with van der Waals surface area (Å²) in [5.74, 6) is 0.743. The number of morpholine rings is 1. The molecule has 3 fully saturated rings. The molecule has 2 saturated heterocycles. The third-order valence-corrected chi connectivity index (χ3v) is 7.00. The molecular formula is C25H42N6O4. The number of guanidine groups is 1. The summed E-state index contributed by atoms with van der Waals surface area (Å²) in [6.45, 7) is 7.77. The molecule has 2 aliphatic heterocycles. The average Bonchev–Trinajstić information content (AvgIpc) is 2.88. The average molecular weight is 491 g/mol. The van der Waals surface area contributed by atoms with Gasteiger partial charge in [-0.15, -0.1) is 4.99 Å². The zero-order chi connectivity index (χ0) is 25.1. The monoisotopic (exact) mass is 490 g/mol. The van der Waals surface area contributed by atoms with Gasteiger partial charge in [-0.05, 0) is 44.2 Å². The van der Waals surface area contributed by atoms with Crippen molar-refractivity contribution in [2.45, 2.75) is 76.8 Å². The Kier molecular flexibility index (Phi) is 10.6. The van der Waals surface area contributed by atoms with Crippen molar-refractivity contribution < 1.29 is 19.1 Å². The summed E-state index contributed by atoms with van der Waals surface area (Å²) < 4.78 is 10.8. The number of hydrogen-bond acceptors (Lipinski definition) is 6. The Hall–Kier alpha value is -2.38. The molecule has 196 valence electrons. The Balaban J connectivity index is 1.79. The van der Waals surface area contributed by atoms with Crippen LogP contribution < -0.4 is 16.0 Å². The molecule has 1 unspecified atom stereocenters. The van der Waals surface area contributed by atoms with E-state index in [1.54, 1.807) is 0 Å². The Bertz CT molecular complexity index is 762. The molecule has 2 amide bonds. The predicted molar refractivity (Wildman–Crippen MR) is 133 cm³/mol. The molecule has 0 aromatic rings. The number of rotatable bonds is 7. The van der Waals surface area contributed by atoms with Crippen molar-refractivity contribution >= 4 is 18.0 Å². The number of piperidine rings is 1. The molecule has 3 aliphatic rings. The Morgan fingerprint density at radius 3 is 2.51 bits per heavy atom. The summed E-state index contributed by atoms with van der Waals surface area (Å²) in [5.41, 5.74) is -0.874. The first kappa shape index (κ1) is 27.2. The van der Waals surface area contributed by atoms with Crippen LogP contribution in [0.4, 0.5) is 4.79 Å². The van der Waals surface area contributed by atoms with Crippen molar-refractivity contribution in [3.05, 3.63) is 0 Å². The number of nitrogens with zero attached hydrogens (tertiary/aromatic N) is 3. The SMILES string of the molecule is CC(C)COC(=O)/N=C(\NC(CC1CCCCC1)C(=O)NC1(C#N)CCNCC1)N1CCOCC1. The van der Waals surface area contributed by atoms with Gasteiger partial charge in [0.15, 0.2) is 0 Å². The van der Waals surface area contributed by atoms with E-state index in [9.17, 15) is 14.9 Å². The van der Waals surface area contributed by atoms with Crippen molar-refractivity contribution in [2.24, 2.45) is 16.8 Å². The van der Waals surface area contributed by atoms with Crippen molar-refractivity contribution in [1.29, 1.82) is 5.26 Å². The van der Waals surface area contributed by atoms with E-state index in [2.05, 4.69) is 27.0 Å². The first-order chi connectivity index (χ1) is 16.9. The van der Waals surface area contributed by atoms with Gasteiger partial charge in [-0.3, -0.25) is 4.79 Å². The summed E-state index contributed by atoms with van der Waals surface area (Å²) >= 11 is 0. The van der Waals surface area contributed by atoms with Crippen LogP contribution in [0.2, 0.25) is 0 Å². The van der Waals surface area contributed by atoms with Crippen LogP contribution in [-0.2, 0) is 14.3 Å². The standard InChI is InChI=1S/C25H42N6O4/c1-19(2)17-35-24(33)29-23(31-12-14-34-15-13-31)28-21(16-20-6-4-3-5-7-20)22(32)30-25(18-26)8-10-27-11-9-25/h19-21,27H,3-17H2,1-2H3,(H,30,32)(H,28,29,33). The molecule has 10 nitrogen and oxygen atoms in total. The van der Waals surface area contributed by atoms with E-state index >= 15 is 0 Å². The molecule has 1 atom stereocenters. The fourth-order valence-electron chi connectivity index (χ4n) is 4.91. The largest absolute Gasteiger partial charge is 0.448 e. The molecule has 35 heavy (non-hydrogen) atoms. The van der Waals surface area contributed by atoms with E-state index in [4.69, 9.17) is 9.47 Å². The van der Waals surface area contributed by atoms with Crippen LogP contribution in [0.5, 0.6) is 0 Å². The highest BCUT2D eigenvalue weighted by molar-refractivity contribution is 5.94. The van der Waals surface area contributed by atoms with Crippen LogP contribution in [0, 0.1) is 23.2 Å². The number of nitrogens with one attached hydrogen (secondary N) is 3. The topological polar surface area (TPSA) is 128 Å². The molecule has 2 heterocycles. The van der Waals surface area contributed by atoms with Crippen LogP contribution in [0.25, 0.3) is 0 Å². The van der Waals surface area contributed by atoms with Gasteiger partial charge < -0.3 is 30.3 Å². The zero-order valence-corrected chi connectivity index (χ0v) is 21.3. The highest BCUT2D eigenvalue weighted by Crippen LogP contribution is 2.28. The zero-order valence-electron chi connectivity index (χ0n) is 21.3. The quantitative estimate of drug-likeness (QED) is 0.366. The van der Waals surface area contributed by atoms with Crippen LogP contribution in [0.3, 0.4) is 0 Å². The van der Waals surface area contributed by atoms with Gasteiger partial charge in [0.25, 0.3) is 0 Å². The molecule has 0 aromatic carbocycles. The van der Waals surface area contributed by atoms with E-state index in [-0.39, 0.29) is 18.4 Å². The smallest absolute Gasteiger partial charge is 0.436 e. The van der Waals surface area contributed by atoms with Crippen molar-refractivity contribution in [3.8, 4) is 6.07 Å². The van der Waals surface area contributed by atoms with E-state index in [1.807, 2.05) is 18.7 Å². The van der Waals surface area contributed by atoms with Crippen LogP contribution in [0.1, 0.15) is 65.2 Å². The van der Waals surface area contributed by atoms with E-state index in [0.29, 0.717) is 70.5 Å². The number of nitriles is 1. The molecular weight excluding hydrogens is 448 g/mol. The van der Waals surface area contributed by atoms with Crippen molar-refractivity contribution in [1.82, 2.24) is 20.9 Å². The van der Waals surface area contributed by atoms with Gasteiger partial charge in [-0.2, -0.15) is 5.26 Å². The normalized spacial score (nSPS) is 22.2. The van der Waals surface area contributed by atoms with Gasteiger partial charge in [0.1, 0.15) is 11.6 Å². The molecule has 0 aromatic heterocycles. The Morgan fingerprint density at radius 1 is 1.20 bits per heavy atom. The maximum atomic E-state index is 13.6. The van der Waals surface area contributed by atoms with Gasteiger partial charge in [0.05, 0.1) is 25.9 Å². The van der Waals surface area contributed by atoms with Crippen LogP contribution in [-0.4, -0.2) is 80.4 Å². The minimum absolute atomic E-state index is 0.200. The molecule has 3 rings (SSSR count). The van der Waals surface area contributed by atoms with Gasteiger partial charge in [0, 0.05) is 13.1 Å². The third kappa shape index (κ3) is 8.65. The lowest BCUT2D eigenvalue weighted by Gasteiger charge is -2.36.